The maximum atomic E-state index is 11.7. The average Bonchev–Trinajstić information content (AvgIpc) is 3.16. The molecule has 2 aromatic carbocycles. The monoisotopic (exact) mass is 307 g/mol. The normalized spacial score (nSPS) is 16.5. The van der Waals surface area contributed by atoms with Crippen LogP contribution in [0.15, 0.2) is 42.6 Å². The molecule has 1 aliphatic rings. The van der Waals surface area contributed by atoms with Crippen molar-refractivity contribution in [2.75, 3.05) is 7.05 Å². The molecule has 2 heterocycles. The van der Waals surface area contributed by atoms with Crippen molar-refractivity contribution in [3.05, 3.63) is 59.4 Å². The van der Waals surface area contributed by atoms with Gasteiger partial charge in [-0.1, -0.05) is 24.3 Å². The van der Waals surface area contributed by atoms with Gasteiger partial charge in [-0.15, -0.1) is 0 Å². The molecule has 1 atom stereocenters. The highest BCUT2D eigenvalue weighted by Gasteiger charge is 2.27. The summed E-state index contributed by atoms with van der Waals surface area (Å²) in [7, 11) is 1.63. The second-order valence-electron chi connectivity index (χ2n) is 5.88. The Hall–Kier alpha value is -2.82. The number of nitrogens with one attached hydrogen (secondary N) is 1. The zero-order valence-electron chi connectivity index (χ0n) is 12.8. The Bertz CT molecular complexity index is 914. The molecule has 5 nitrogen and oxygen atoms in total. The van der Waals surface area contributed by atoms with Gasteiger partial charge < -0.3 is 10.4 Å². The molecule has 2 N–H and O–H groups in total. The first-order valence-electron chi connectivity index (χ1n) is 7.67. The van der Waals surface area contributed by atoms with Crippen molar-refractivity contribution in [3.8, 4) is 6.01 Å². The van der Waals surface area contributed by atoms with E-state index in [9.17, 15) is 9.90 Å². The Morgan fingerprint density at radius 1 is 1.26 bits per heavy atom. The van der Waals surface area contributed by atoms with Gasteiger partial charge in [0.2, 0.25) is 0 Å². The number of aromatic nitrogens is 2. The van der Waals surface area contributed by atoms with Crippen molar-refractivity contribution in [1.82, 2.24) is 14.9 Å². The molecule has 1 aromatic heterocycles. The Balaban J connectivity index is 1.74. The lowest BCUT2D eigenvalue weighted by molar-refractivity contribution is 0.0963. The van der Waals surface area contributed by atoms with Gasteiger partial charge in [0.15, 0.2) is 0 Å². The number of carbonyl (C=O) groups excluding carboxylic acids is 1. The SMILES string of the molecule is CNC(=O)c1ccc2cc([C@@H]3CCn4c3cnc4O)ccc2c1. The standard InChI is InChI=1S/C18H17N3O2/c1-19-17(22)14-5-3-11-8-13(4-2-12(11)9-14)15-6-7-21-16(15)10-20-18(21)23/h2-5,8-10,15H,6-7H2,1H3,(H,19,22)(H,20,23)/t15-/m0/s1. The van der Waals surface area contributed by atoms with Crippen LogP contribution in [0.3, 0.4) is 0 Å². The Morgan fingerprint density at radius 3 is 2.87 bits per heavy atom. The van der Waals surface area contributed by atoms with Crippen LogP contribution in [0.4, 0.5) is 0 Å². The van der Waals surface area contributed by atoms with Crippen molar-refractivity contribution in [2.45, 2.75) is 18.9 Å². The second kappa shape index (κ2) is 5.12. The van der Waals surface area contributed by atoms with Gasteiger partial charge in [-0.25, -0.2) is 4.98 Å². The quantitative estimate of drug-likeness (QED) is 0.765. The number of amides is 1. The van der Waals surface area contributed by atoms with Gasteiger partial charge in [0.25, 0.3) is 11.9 Å². The fraction of sp³-hybridized carbons (Fsp3) is 0.222. The number of benzene rings is 2. The van der Waals surface area contributed by atoms with E-state index < -0.39 is 0 Å². The molecule has 4 rings (SSSR count). The van der Waals surface area contributed by atoms with Crippen LogP contribution in [0.2, 0.25) is 0 Å². The average molecular weight is 307 g/mol. The number of carbonyl (C=O) groups is 1. The van der Waals surface area contributed by atoms with E-state index in [1.807, 2.05) is 22.8 Å². The lowest BCUT2D eigenvalue weighted by Gasteiger charge is -2.11. The molecule has 23 heavy (non-hydrogen) atoms. The molecule has 0 unspecified atom stereocenters. The summed E-state index contributed by atoms with van der Waals surface area (Å²) < 4.78 is 1.86. The molecule has 0 fully saturated rings. The molecule has 0 aliphatic carbocycles. The first-order chi connectivity index (χ1) is 11.2. The molecule has 5 heteroatoms. The minimum Gasteiger partial charge on any atom is -0.480 e. The number of hydrogen-bond acceptors (Lipinski definition) is 3. The summed E-state index contributed by atoms with van der Waals surface area (Å²) in [4.78, 5) is 15.7. The summed E-state index contributed by atoms with van der Waals surface area (Å²) in [6.45, 7) is 0.791. The minimum absolute atomic E-state index is 0.0776. The van der Waals surface area contributed by atoms with Gasteiger partial charge in [0.1, 0.15) is 0 Å². The zero-order valence-corrected chi connectivity index (χ0v) is 12.8. The van der Waals surface area contributed by atoms with Crippen LogP contribution in [0.25, 0.3) is 10.8 Å². The minimum atomic E-state index is -0.0776. The van der Waals surface area contributed by atoms with Crippen molar-refractivity contribution >= 4 is 16.7 Å². The molecule has 3 aromatic rings. The van der Waals surface area contributed by atoms with Crippen LogP contribution in [0.1, 0.15) is 34.0 Å². The highest BCUT2D eigenvalue weighted by atomic mass is 16.3. The fourth-order valence-corrected chi connectivity index (χ4v) is 3.40. The van der Waals surface area contributed by atoms with Crippen LogP contribution in [-0.4, -0.2) is 27.6 Å². The summed E-state index contributed by atoms with van der Waals surface area (Å²) >= 11 is 0. The third-order valence-corrected chi connectivity index (χ3v) is 4.62. The third-order valence-electron chi connectivity index (χ3n) is 4.62. The topological polar surface area (TPSA) is 67.2 Å². The molecule has 0 saturated carbocycles. The van der Waals surface area contributed by atoms with Crippen molar-refractivity contribution in [1.29, 1.82) is 0 Å². The number of hydrogen-bond donors (Lipinski definition) is 2. The zero-order chi connectivity index (χ0) is 16.0. The molecular weight excluding hydrogens is 290 g/mol. The molecule has 116 valence electrons. The largest absolute Gasteiger partial charge is 0.480 e. The van der Waals surface area contributed by atoms with E-state index in [1.165, 1.54) is 5.56 Å². The summed E-state index contributed by atoms with van der Waals surface area (Å²) in [5, 5.41) is 14.5. The number of aromatic hydroxyl groups is 1. The summed E-state index contributed by atoms with van der Waals surface area (Å²) in [5.74, 6) is 0.178. The smallest absolute Gasteiger partial charge is 0.293 e. The van der Waals surface area contributed by atoms with Gasteiger partial charge in [0, 0.05) is 30.8 Å². The van der Waals surface area contributed by atoms with E-state index in [2.05, 4.69) is 28.5 Å². The van der Waals surface area contributed by atoms with E-state index >= 15 is 0 Å². The number of rotatable bonds is 2. The van der Waals surface area contributed by atoms with Gasteiger partial charge >= 0.3 is 0 Å². The van der Waals surface area contributed by atoms with Crippen LogP contribution in [-0.2, 0) is 6.54 Å². The lowest BCUT2D eigenvalue weighted by atomic mass is 9.93. The maximum absolute atomic E-state index is 11.7. The second-order valence-corrected chi connectivity index (χ2v) is 5.88. The molecule has 0 spiro atoms. The molecule has 1 aliphatic heterocycles. The number of nitrogens with zero attached hydrogens (tertiary/aromatic N) is 2. The summed E-state index contributed by atoms with van der Waals surface area (Å²) in [6.07, 6.45) is 2.72. The Kier molecular flexibility index (Phi) is 3.08. The Labute approximate surface area is 133 Å². The van der Waals surface area contributed by atoms with Gasteiger partial charge in [-0.3, -0.25) is 9.36 Å². The number of imidazole rings is 1. The van der Waals surface area contributed by atoms with Crippen molar-refractivity contribution in [3.63, 3.8) is 0 Å². The molecular formula is C18H17N3O2. The highest BCUT2D eigenvalue weighted by molar-refractivity contribution is 5.98. The van der Waals surface area contributed by atoms with Gasteiger partial charge in [0.05, 0.1) is 6.20 Å². The Morgan fingerprint density at radius 2 is 2.04 bits per heavy atom. The molecule has 1 amide bonds. The first kappa shape index (κ1) is 13.8. The van der Waals surface area contributed by atoms with Crippen LogP contribution < -0.4 is 5.32 Å². The summed E-state index contributed by atoms with van der Waals surface area (Å²) in [6, 6.07) is 12.1. The van der Waals surface area contributed by atoms with E-state index in [0.717, 1.165) is 29.4 Å². The third kappa shape index (κ3) is 2.16. The van der Waals surface area contributed by atoms with E-state index in [0.29, 0.717) is 5.56 Å². The van der Waals surface area contributed by atoms with Crippen LogP contribution in [0, 0.1) is 0 Å². The first-order valence-corrected chi connectivity index (χ1v) is 7.67. The molecule has 0 saturated heterocycles. The molecule has 0 radical (unpaired) electrons. The summed E-state index contributed by atoms with van der Waals surface area (Å²) in [5.41, 5.74) is 2.93. The maximum Gasteiger partial charge on any atom is 0.293 e. The van der Waals surface area contributed by atoms with Crippen molar-refractivity contribution < 1.29 is 9.90 Å². The predicted octanol–water partition coefficient (Wildman–Crippen LogP) is 2.64. The van der Waals surface area contributed by atoms with Gasteiger partial charge in [-0.05, 0) is 34.9 Å². The van der Waals surface area contributed by atoms with Gasteiger partial charge in [-0.2, -0.15) is 0 Å². The predicted molar refractivity (Wildman–Crippen MR) is 87.7 cm³/mol. The highest BCUT2D eigenvalue weighted by Crippen LogP contribution is 2.37. The van der Waals surface area contributed by atoms with Crippen LogP contribution in [0.5, 0.6) is 6.01 Å². The molecule has 0 bridgehead atoms. The van der Waals surface area contributed by atoms with E-state index in [-0.39, 0.29) is 17.8 Å². The van der Waals surface area contributed by atoms with E-state index in [1.54, 1.807) is 13.2 Å². The lowest BCUT2D eigenvalue weighted by Crippen LogP contribution is -2.17. The number of fused-ring (bicyclic) bond motifs is 2. The van der Waals surface area contributed by atoms with Crippen molar-refractivity contribution in [2.24, 2.45) is 0 Å². The van der Waals surface area contributed by atoms with Crippen LogP contribution >= 0.6 is 0 Å². The fourth-order valence-electron chi connectivity index (χ4n) is 3.40. The van der Waals surface area contributed by atoms with E-state index in [4.69, 9.17) is 0 Å².